The smallest absolute Gasteiger partial charge is 0.116 e. The lowest BCUT2D eigenvalue weighted by atomic mass is 10.0. The predicted molar refractivity (Wildman–Crippen MR) is 221 cm³/mol. The summed E-state index contributed by atoms with van der Waals surface area (Å²) < 4.78 is 17.6. The van der Waals surface area contributed by atoms with E-state index in [1.54, 1.807) is 0 Å². The summed E-state index contributed by atoms with van der Waals surface area (Å²) in [6.07, 6.45) is 2.78. The first kappa shape index (κ1) is 32.2. The lowest BCUT2D eigenvalue weighted by Gasteiger charge is -2.13. The zero-order valence-electron chi connectivity index (χ0n) is 29.0. The summed E-state index contributed by atoms with van der Waals surface area (Å²) in [7, 11) is 6.35. The topological polar surface area (TPSA) is 59.7 Å². The Hall–Kier alpha value is -3.74. The van der Waals surface area contributed by atoms with E-state index in [0.717, 1.165) is 63.8 Å². The molecule has 9 aromatic rings. The lowest BCUT2D eigenvalue weighted by molar-refractivity contribution is 0.654. The highest BCUT2D eigenvalue weighted by Gasteiger charge is 2.27. The zero-order chi connectivity index (χ0) is 34.4. The molecule has 0 aliphatic heterocycles. The van der Waals surface area contributed by atoms with Gasteiger partial charge in [-0.05, 0) is 67.1 Å². The Kier molecular flexibility index (Phi) is 7.85. The van der Waals surface area contributed by atoms with E-state index in [2.05, 4.69) is 107 Å². The van der Waals surface area contributed by atoms with Crippen molar-refractivity contribution in [1.82, 2.24) is 23.3 Å². The molecule has 7 aromatic heterocycles. The van der Waals surface area contributed by atoms with Gasteiger partial charge >= 0.3 is 0 Å². The maximum atomic E-state index is 5.43. The molecule has 0 saturated carbocycles. The predicted octanol–water partition coefficient (Wildman–Crippen LogP) is 12.1. The van der Waals surface area contributed by atoms with Crippen LogP contribution in [-0.4, -0.2) is 37.4 Å². The van der Waals surface area contributed by atoms with Crippen LogP contribution in [0.2, 0.25) is 0 Å². The van der Waals surface area contributed by atoms with E-state index in [-0.39, 0.29) is 0 Å². The van der Waals surface area contributed by atoms with Crippen molar-refractivity contribution < 1.29 is 0 Å². The van der Waals surface area contributed by atoms with Crippen molar-refractivity contribution >= 4 is 115 Å². The van der Waals surface area contributed by atoms with Gasteiger partial charge in [-0.25, -0.2) is 9.97 Å². The van der Waals surface area contributed by atoms with Crippen LogP contribution in [0.25, 0.3) is 83.2 Å². The molecule has 0 bridgehead atoms. The Bertz CT molecular complexity index is 2700. The third-order valence-electron chi connectivity index (χ3n) is 9.54. The van der Waals surface area contributed by atoms with Gasteiger partial charge in [0.05, 0.1) is 43.5 Å². The first-order valence-electron chi connectivity index (χ1n) is 17.0. The second-order valence-corrected chi connectivity index (χ2v) is 18.4. The minimum absolute atomic E-state index is 0.633. The van der Waals surface area contributed by atoms with Crippen molar-refractivity contribution in [3.8, 4) is 31.3 Å². The summed E-state index contributed by atoms with van der Waals surface area (Å²) in [6.45, 7) is 8.95. The van der Waals surface area contributed by atoms with Crippen molar-refractivity contribution in [2.75, 3.05) is 19.0 Å². The molecular formula is C39H36N6S5. The summed E-state index contributed by atoms with van der Waals surface area (Å²) in [6, 6.07) is 18.2. The number of rotatable bonds is 8. The van der Waals surface area contributed by atoms with Gasteiger partial charge in [0, 0.05) is 66.9 Å². The van der Waals surface area contributed by atoms with Gasteiger partial charge in [0.1, 0.15) is 22.1 Å². The zero-order valence-corrected chi connectivity index (χ0v) is 33.1. The fraction of sp³-hybridized carbons (Fsp3) is 0.282. The fourth-order valence-electron chi connectivity index (χ4n) is 7.04. The number of fused-ring (bicyclic) bond motifs is 6. The molecule has 0 atom stereocenters. The first-order valence-corrected chi connectivity index (χ1v) is 21.0. The minimum atomic E-state index is 0.633. The van der Waals surface area contributed by atoms with E-state index in [1.807, 2.05) is 45.3 Å². The van der Waals surface area contributed by atoms with Crippen LogP contribution < -0.4 is 4.90 Å². The Morgan fingerprint density at radius 1 is 0.680 bits per heavy atom. The average molecular weight is 749 g/mol. The van der Waals surface area contributed by atoms with E-state index in [4.69, 9.17) is 18.7 Å². The van der Waals surface area contributed by atoms with Crippen LogP contribution in [0, 0.1) is 5.92 Å². The van der Waals surface area contributed by atoms with Crippen LogP contribution in [0.5, 0.6) is 0 Å². The molecule has 0 saturated heterocycles. The molecule has 0 fully saturated rings. The van der Waals surface area contributed by atoms with Crippen LogP contribution in [0.15, 0.2) is 48.5 Å². The van der Waals surface area contributed by atoms with Gasteiger partial charge in [0.15, 0.2) is 0 Å². The van der Waals surface area contributed by atoms with E-state index in [0.29, 0.717) is 5.92 Å². The SMILES string of the molecule is CCc1nc2c(-c3cc4sc(-c5ccc(N(C)C)cc5)cc4s3)c3nsnc3c(-c3cc4c(s3)c3sc(CC(C)C)cc3n4C)c2nc1CC. The van der Waals surface area contributed by atoms with Crippen molar-refractivity contribution in [2.24, 2.45) is 13.0 Å². The van der Waals surface area contributed by atoms with Gasteiger partial charge in [-0.2, -0.15) is 8.75 Å². The van der Waals surface area contributed by atoms with Crippen molar-refractivity contribution in [3.63, 3.8) is 0 Å². The normalized spacial score (nSPS) is 12.3. The molecule has 2 aromatic carbocycles. The standard InChI is InChI=1S/C39H36N6S5/c1-8-23-24(9-2)41-35-33(31-18-29-28(48-31)17-27(47-29)20-10-12-21(13-11-20)44(5)6)37-36(42-50-43-37)32(34(35)40-23)30-16-26-39(49-30)38-25(45(26)7)15-22(46-38)14-19(3)4/h10-13,15-19H,8-9,14H2,1-7H3. The average Bonchev–Trinajstić information content (AvgIpc) is 3.95. The molecule has 0 spiro atoms. The molecule has 11 heteroatoms. The molecular weight excluding hydrogens is 713 g/mol. The molecule has 0 aliphatic carbocycles. The second kappa shape index (κ2) is 12.2. The molecule has 0 aliphatic rings. The fourth-order valence-corrected chi connectivity index (χ4v) is 12.8. The molecule has 9 rings (SSSR count). The number of aryl methyl sites for hydroxylation is 3. The summed E-state index contributed by atoms with van der Waals surface area (Å²) in [5.41, 5.74) is 13.0. The number of nitrogens with zero attached hydrogens (tertiary/aromatic N) is 6. The summed E-state index contributed by atoms with van der Waals surface area (Å²) in [5, 5.41) is 0. The summed E-state index contributed by atoms with van der Waals surface area (Å²) in [4.78, 5) is 18.1. The van der Waals surface area contributed by atoms with Crippen LogP contribution in [-0.2, 0) is 26.3 Å². The van der Waals surface area contributed by atoms with Gasteiger partial charge in [-0.3, -0.25) is 0 Å². The van der Waals surface area contributed by atoms with Gasteiger partial charge in [0.2, 0.25) is 0 Å². The summed E-state index contributed by atoms with van der Waals surface area (Å²) >= 11 is 8.75. The Balaban J connectivity index is 1.24. The lowest BCUT2D eigenvalue weighted by Crippen LogP contribution is -2.07. The van der Waals surface area contributed by atoms with Gasteiger partial charge < -0.3 is 9.47 Å². The van der Waals surface area contributed by atoms with E-state index >= 15 is 0 Å². The molecule has 0 radical (unpaired) electrons. The third kappa shape index (κ3) is 5.04. The Morgan fingerprint density at radius 3 is 1.84 bits per heavy atom. The number of hydrogen-bond donors (Lipinski definition) is 0. The number of aromatic nitrogens is 5. The highest BCUT2D eigenvalue weighted by Crippen LogP contribution is 2.50. The quantitative estimate of drug-likeness (QED) is 0.155. The maximum Gasteiger partial charge on any atom is 0.116 e. The Labute approximate surface area is 311 Å². The highest BCUT2D eigenvalue weighted by molar-refractivity contribution is 7.31. The minimum Gasteiger partial charge on any atom is -0.378 e. The monoisotopic (exact) mass is 748 g/mol. The molecule has 6 nitrogen and oxygen atoms in total. The number of thiophene rings is 4. The Morgan fingerprint density at radius 2 is 1.24 bits per heavy atom. The van der Waals surface area contributed by atoms with Gasteiger partial charge in [-0.1, -0.05) is 39.8 Å². The van der Waals surface area contributed by atoms with Crippen molar-refractivity contribution in [3.05, 3.63) is 64.8 Å². The van der Waals surface area contributed by atoms with Crippen molar-refractivity contribution in [2.45, 2.75) is 47.0 Å². The van der Waals surface area contributed by atoms with Crippen LogP contribution >= 0.6 is 57.1 Å². The van der Waals surface area contributed by atoms with E-state index in [9.17, 15) is 0 Å². The van der Waals surface area contributed by atoms with Crippen LogP contribution in [0.3, 0.4) is 0 Å². The number of hydrogen-bond acceptors (Lipinski definition) is 10. The molecule has 0 amide bonds. The second-order valence-electron chi connectivity index (χ2n) is 13.5. The van der Waals surface area contributed by atoms with Crippen LogP contribution in [0.4, 0.5) is 5.69 Å². The first-order chi connectivity index (χ1) is 24.2. The molecule has 50 heavy (non-hydrogen) atoms. The van der Waals surface area contributed by atoms with E-state index < -0.39 is 0 Å². The van der Waals surface area contributed by atoms with Gasteiger partial charge in [0.25, 0.3) is 0 Å². The molecule has 252 valence electrons. The van der Waals surface area contributed by atoms with Crippen molar-refractivity contribution in [1.29, 1.82) is 0 Å². The van der Waals surface area contributed by atoms with E-state index in [1.165, 1.54) is 72.3 Å². The third-order valence-corrected chi connectivity index (χ3v) is 14.9. The molecule has 0 unspecified atom stereocenters. The number of anilines is 1. The highest BCUT2D eigenvalue weighted by atomic mass is 32.1. The molecule has 7 heterocycles. The largest absolute Gasteiger partial charge is 0.378 e. The number of benzene rings is 2. The maximum absolute atomic E-state index is 5.43. The molecule has 0 N–H and O–H groups in total. The summed E-state index contributed by atoms with van der Waals surface area (Å²) in [5.74, 6) is 0.633. The van der Waals surface area contributed by atoms with Gasteiger partial charge in [-0.15, -0.1) is 45.3 Å². The van der Waals surface area contributed by atoms with Crippen LogP contribution in [0.1, 0.15) is 44.0 Å².